The Morgan fingerprint density at radius 1 is 1.36 bits per heavy atom. The summed E-state index contributed by atoms with van der Waals surface area (Å²) in [6.45, 7) is 2.91. The fourth-order valence-corrected chi connectivity index (χ4v) is 4.75. The molecular weight excluding hydrogens is 407 g/mol. The summed E-state index contributed by atoms with van der Waals surface area (Å²) in [7, 11) is -3.61. The largest absolute Gasteiger partial charge is 0.386 e. The number of nitrogens with one attached hydrogen (secondary N) is 1. The minimum atomic E-state index is -3.61. The van der Waals surface area contributed by atoms with Gasteiger partial charge in [-0.2, -0.15) is 0 Å². The van der Waals surface area contributed by atoms with Crippen LogP contribution in [0.2, 0.25) is 5.02 Å². The van der Waals surface area contributed by atoms with E-state index >= 15 is 0 Å². The number of amidine groups is 1. The topological polar surface area (TPSA) is 115 Å². The molecule has 28 heavy (non-hydrogen) atoms. The monoisotopic (exact) mass is 424 g/mol. The number of carbonyl (C=O) groups is 1. The second-order valence-electron chi connectivity index (χ2n) is 6.77. The lowest BCUT2D eigenvalue weighted by molar-refractivity contribution is 0.102. The highest BCUT2D eigenvalue weighted by atomic mass is 35.5. The molecule has 1 aliphatic heterocycles. The first-order chi connectivity index (χ1) is 13.0. The Morgan fingerprint density at radius 3 is 2.68 bits per heavy atom. The van der Waals surface area contributed by atoms with Crippen LogP contribution in [0.1, 0.15) is 29.8 Å². The van der Waals surface area contributed by atoms with E-state index in [0.29, 0.717) is 5.02 Å². The van der Waals surface area contributed by atoms with Gasteiger partial charge in [-0.05, 0) is 44.2 Å². The summed E-state index contributed by atoms with van der Waals surface area (Å²) >= 11 is 5.76. The fourth-order valence-electron chi connectivity index (χ4n) is 2.96. The van der Waals surface area contributed by atoms with Crippen LogP contribution in [-0.2, 0) is 15.4 Å². The second kappa shape index (κ2) is 7.14. The third-order valence-corrected chi connectivity index (χ3v) is 7.10. The average Bonchev–Trinajstić information content (AvgIpc) is 2.61. The number of amides is 1. The molecule has 0 radical (unpaired) electrons. The zero-order chi connectivity index (χ0) is 20.7. The van der Waals surface area contributed by atoms with E-state index in [2.05, 4.69) is 15.3 Å². The molecule has 1 aromatic heterocycles. The predicted molar refractivity (Wildman–Crippen MR) is 106 cm³/mol. The van der Waals surface area contributed by atoms with Gasteiger partial charge in [-0.25, -0.2) is 17.8 Å². The SMILES string of the molecule is CC1C(N)=N[C@](C)(c2cc(C(=O)Nc3ccc(Cl)cn3)ccc2F)CS1(=O)=O. The molecule has 3 N–H and O–H groups in total. The van der Waals surface area contributed by atoms with Gasteiger partial charge in [-0.15, -0.1) is 0 Å². The number of rotatable bonds is 3. The van der Waals surface area contributed by atoms with E-state index in [0.717, 1.165) is 6.07 Å². The van der Waals surface area contributed by atoms with Crippen LogP contribution in [0.4, 0.5) is 10.2 Å². The van der Waals surface area contributed by atoms with Crippen molar-refractivity contribution >= 4 is 39.0 Å². The average molecular weight is 425 g/mol. The quantitative estimate of drug-likeness (QED) is 0.785. The molecule has 0 saturated heterocycles. The summed E-state index contributed by atoms with van der Waals surface area (Å²) in [5, 5.41) is 2.05. The van der Waals surface area contributed by atoms with Crippen molar-refractivity contribution in [3.63, 3.8) is 0 Å². The van der Waals surface area contributed by atoms with E-state index in [-0.39, 0.29) is 22.8 Å². The maximum atomic E-state index is 14.5. The lowest BCUT2D eigenvalue weighted by Crippen LogP contribution is -2.47. The van der Waals surface area contributed by atoms with Crippen LogP contribution >= 0.6 is 11.6 Å². The number of aromatic nitrogens is 1. The minimum absolute atomic E-state index is 0.0253. The molecule has 148 valence electrons. The lowest BCUT2D eigenvalue weighted by Gasteiger charge is -2.33. The number of sulfone groups is 1. The molecule has 2 heterocycles. The zero-order valence-corrected chi connectivity index (χ0v) is 16.7. The third kappa shape index (κ3) is 3.85. The molecule has 2 aromatic rings. The fraction of sp³-hybridized carbons (Fsp3) is 0.278. The van der Waals surface area contributed by atoms with Crippen molar-refractivity contribution in [3.05, 3.63) is 58.5 Å². The maximum Gasteiger partial charge on any atom is 0.256 e. The van der Waals surface area contributed by atoms with E-state index in [9.17, 15) is 17.6 Å². The third-order valence-electron chi connectivity index (χ3n) is 4.59. The van der Waals surface area contributed by atoms with Crippen molar-refractivity contribution in [3.8, 4) is 0 Å². The lowest BCUT2D eigenvalue weighted by atomic mass is 9.92. The molecule has 1 aliphatic rings. The van der Waals surface area contributed by atoms with E-state index in [1.165, 1.54) is 38.2 Å². The first-order valence-electron chi connectivity index (χ1n) is 8.31. The molecule has 1 amide bonds. The normalized spacial score (nSPS) is 23.7. The Morgan fingerprint density at radius 2 is 2.07 bits per heavy atom. The molecule has 0 fully saturated rings. The first-order valence-corrected chi connectivity index (χ1v) is 10.4. The molecular formula is C18H18ClFN4O3S. The van der Waals surface area contributed by atoms with Crippen LogP contribution in [-0.4, -0.2) is 36.1 Å². The number of nitrogens with two attached hydrogens (primary N) is 1. The number of carbonyl (C=O) groups excluding carboxylic acids is 1. The smallest absolute Gasteiger partial charge is 0.256 e. The van der Waals surface area contributed by atoms with Gasteiger partial charge >= 0.3 is 0 Å². The summed E-state index contributed by atoms with van der Waals surface area (Å²) < 4.78 is 39.3. The molecule has 1 unspecified atom stereocenters. The van der Waals surface area contributed by atoms with Crippen LogP contribution in [0, 0.1) is 5.82 Å². The van der Waals surface area contributed by atoms with E-state index in [4.69, 9.17) is 17.3 Å². The number of pyridine rings is 1. The molecule has 7 nitrogen and oxygen atoms in total. The van der Waals surface area contributed by atoms with Crippen LogP contribution < -0.4 is 11.1 Å². The Bertz CT molecular complexity index is 1070. The second-order valence-corrected chi connectivity index (χ2v) is 9.53. The number of halogens is 2. The van der Waals surface area contributed by atoms with Crippen LogP contribution in [0.3, 0.4) is 0 Å². The van der Waals surface area contributed by atoms with Gasteiger partial charge in [0.1, 0.15) is 28.3 Å². The Kier molecular flexibility index (Phi) is 5.16. The van der Waals surface area contributed by atoms with E-state index in [1.54, 1.807) is 6.07 Å². The van der Waals surface area contributed by atoms with Gasteiger partial charge in [0.05, 0.1) is 10.8 Å². The molecule has 2 atom stereocenters. The van der Waals surface area contributed by atoms with E-state index < -0.39 is 38.1 Å². The van der Waals surface area contributed by atoms with Gasteiger partial charge in [0.2, 0.25) is 0 Å². The van der Waals surface area contributed by atoms with Gasteiger partial charge in [0, 0.05) is 17.3 Å². The number of hydrogen-bond donors (Lipinski definition) is 2. The van der Waals surface area contributed by atoms with E-state index in [1.807, 2.05) is 0 Å². The van der Waals surface area contributed by atoms with Crippen molar-refractivity contribution in [1.82, 2.24) is 4.98 Å². The van der Waals surface area contributed by atoms with Gasteiger partial charge in [-0.1, -0.05) is 11.6 Å². The molecule has 0 aliphatic carbocycles. The summed E-state index contributed by atoms with van der Waals surface area (Å²) in [6, 6.07) is 6.75. The number of hydrogen-bond acceptors (Lipinski definition) is 6. The van der Waals surface area contributed by atoms with Crippen LogP contribution in [0.15, 0.2) is 41.5 Å². The van der Waals surface area contributed by atoms with Gasteiger partial charge in [0.15, 0.2) is 9.84 Å². The summed E-state index contributed by atoms with van der Waals surface area (Å²) in [5.41, 5.74) is 4.44. The Hall–Kier alpha value is -2.52. The van der Waals surface area contributed by atoms with Crippen molar-refractivity contribution in [2.45, 2.75) is 24.6 Å². The Labute approximate surface area is 166 Å². The van der Waals surface area contributed by atoms with Crippen LogP contribution in [0.5, 0.6) is 0 Å². The highest BCUT2D eigenvalue weighted by Crippen LogP contribution is 2.34. The van der Waals surface area contributed by atoms with Crippen molar-refractivity contribution in [1.29, 1.82) is 0 Å². The molecule has 0 saturated carbocycles. The highest BCUT2D eigenvalue weighted by molar-refractivity contribution is 7.92. The summed E-state index contributed by atoms with van der Waals surface area (Å²) in [6.07, 6.45) is 1.37. The zero-order valence-electron chi connectivity index (χ0n) is 15.1. The maximum absolute atomic E-state index is 14.5. The van der Waals surface area contributed by atoms with Crippen molar-refractivity contribution in [2.24, 2.45) is 10.7 Å². The predicted octanol–water partition coefficient (Wildman–Crippen LogP) is 2.52. The van der Waals surface area contributed by atoms with Crippen molar-refractivity contribution in [2.75, 3.05) is 11.1 Å². The Balaban J connectivity index is 1.97. The highest BCUT2D eigenvalue weighted by Gasteiger charge is 2.43. The van der Waals surface area contributed by atoms with Gasteiger partial charge in [0.25, 0.3) is 5.91 Å². The van der Waals surface area contributed by atoms with Crippen molar-refractivity contribution < 1.29 is 17.6 Å². The number of benzene rings is 1. The van der Waals surface area contributed by atoms with Gasteiger partial charge < -0.3 is 11.1 Å². The minimum Gasteiger partial charge on any atom is -0.386 e. The first kappa shape index (κ1) is 20.2. The number of aliphatic imine (C=N–C) groups is 1. The molecule has 0 bridgehead atoms. The molecule has 3 rings (SSSR count). The number of nitrogens with zero attached hydrogens (tertiary/aromatic N) is 2. The number of anilines is 1. The summed E-state index contributed by atoms with van der Waals surface area (Å²) in [5.74, 6) is -1.45. The molecule has 10 heteroatoms. The van der Waals surface area contributed by atoms with Crippen LogP contribution in [0.25, 0.3) is 0 Å². The summed E-state index contributed by atoms with van der Waals surface area (Å²) in [4.78, 5) is 20.7. The van der Waals surface area contributed by atoms with Gasteiger partial charge in [-0.3, -0.25) is 9.79 Å². The molecule has 1 aromatic carbocycles. The standard InChI is InChI=1S/C18H18ClFN4O3S/c1-10-16(21)24-18(2,9-28(10,26)27)13-7-11(3-5-14(13)20)17(25)23-15-6-4-12(19)8-22-15/h3-8,10H,9H2,1-2H3,(H2,21,24)(H,22,23,25)/t10?,18-/m0/s1. The molecule has 0 spiro atoms.